The fourth-order valence-electron chi connectivity index (χ4n) is 0.442. The third-order valence-electron chi connectivity index (χ3n) is 0.937. The second-order valence-electron chi connectivity index (χ2n) is 1.72. The third-order valence-corrected chi connectivity index (χ3v) is 0.937. The van der Waals surface area contributed by atoms with Crippen molar-refractivity contribution in [3.8, 4) is 0 Å². The van der Waals surface area contributed by atoms with Gasteiger partial charge in [0, 0.05) is 6.42 Å². The molecule has 0 saturated heterocycles. The van der Waals surface area contributed by atoms with Gasteiger partial charge in [-0.05, 0) is 6.92 Å². The minimum absolute atomic E-state index is 0.618. The number of aryl methyl sites for hydroxylation is 2. The van der Waals surface area contributed by atoms with Crippen LogP contribution < -0.4 is 0 Å². The van der Waals surface area contributed by atoms with Gasteiger partial charge in [0.2, 0.25) is 0 Å². The largest absolute Gasteiger partial charge is 0.173 e. The molecule has 1 rings (SSSR count). The van der Waals surface area contributed by atoms with Crippen molar-refractivity contribution in [3.63, 3.8) is 0 Å². The van der Waals surface area contributed by atoms with Crippen LogP contribution in [0.2, 0.25) is 0 Å². The molecule has 0 amide bonds. The van der Waals surface area contributed by atoms with Gasteiger partial charge >= 0.3 is 0 Å². The zero-order valence-corrected chi connectivity index (χ0v) is 7.50. The summed E-state index contributed by atoms with van der Waals surface area (Å²) in [5.41, 5.74) is 0. The minimum Gasteiger partial charge on any atom is -0.132 e. The first-order valence-electron chi connectivity index (χ1n) is 3.86. The topological polar surface area (TPSA) is 51.6 Å². The molecule has 4 nitrogen and oxygen atoms in total. The van der Waals surface area contributed by atoms with Crippen molar-refractivity contribution in [3.05, 3.63) is 11.6 Å². The normalized spacial score (nSPS) is 8.36. The predicted molar refractivity (Wildman–Crippen MR) is 43.1 cm³/mol. The Bertz CT molecular complexity index is 182. The van der Waals surface area contributed by atoms with Crippen LogP contribution in [-0.2, 0) is 6.42 Å². The van der Waals surface area contributed by atoms with Crippen molar-refractivity contribution in [2.75, 3.05) is 0 Å². The molecule has 1 heterocycles. The first kappa shape index (κ1) is 9.94. The summed E-state index contributed by atoms with van der Waals surface area (Å²) >= 11 is 0. The molecule has 0 fully saturated rings. The average Bonchev–Trinajstić information content (AvgIpc) is 2.10. The third kappa shape index (κ3) is 3.60. The molecular formula is C7H14N4. The highest BCUT2D eigenvalue weighted by molar-refractivity contribution is 4.77. The van der Waals surface area contributed by atoms with Crippen LogP contribution >= 0.6 is 0 Å². The van der Waals surface area contributed by atoms with E-state index in [-0.39, 0.29) is 0 Å². The summed E-state index contributed by atoms with van der Waals surface area (Å²) < 4.78 is 0. The first-order valence-corrected chi connectivity index (χ1v) is 3.86. The van der Waals surface area contributed by atoms with Crippen LogP contribution in [0.4, 0.5) is 0 Å². The highest BCUT2D eigenvalue weighted by Gasteiger charge is 1.91. The molecule has 1 aromatic heterocycles. The second kappa shape index (κ2) is 5.70. The summed E-state index contributed by atoms with van der Waals surface area (Å²) in [6, 6.07) is 0. The van der Waals surface area contributed by atoms with E-state index in [2.05, 4.69) is 20.4 Å². The molecule has 0 N–H and O–H groups in total. The van der Waals surface area contributed by atoms with Crippen LogP contribution in [-0.4, -0.2) is 20.4 Å². The van der Waals surface area contributed by atoms with Crippen molar-refractivity contribution in [1.82, 2.24) is 20.4 Å². The molecule has 0 atom stereocenters. The van der Waals surface area contributed by atoms with E-state index in [4.69, 9.17) is 0 Å². The number of rotatable bonds is 1. The number of hydrogen-bond donors (Lipinski definition) is 0. The van der Waals surface area contributed by atoms with Gasteiger partial charge in [0.1, 0.15) is 0 Å². The van der Waals surface area contributed by atoms with Gasteiger partial charge in [0.05, 0.1) is 0 Å². The van der Waals surface area contributed by atoms with Gasteiger partial charge < -0.3 is 0 Å². The Morgan fingerprint density at radius 2 is 1.45 bits per heavy atom. The van der Waals surface area contributed by atoms with Gasteiger partial charge in [-0.1, -0.05) is 20.8 Å². The van der Waals surface area contributed by atoms with Crippen molar-refractivity contribution in [1.29, 1.82) is 0 Å². The van der Waals surface area contributed by atoms with Crippen LogP contribution in [0.1, 0.15) is 32.4 Å². The predicted octanol–water partition coefficient (Wildman–Crippen LogP) is 1.16. The van der Waals surface area contributed by atoms with Crippen molar-refractivity contribution in [2.24, 2.45) is 0 Å². The molecular weight excluding hydrogens is 140 g/mol. The fourth-order valence-corrected chi connectivity index (χ4v) is 0.442. The molecule has 0 aliphatic carbocycles. The van der Waals surface area contributed by atoms with Crippen molar-refractivity contribution >= 4 is 0 Å². The molecule has 0 aliphatic rings. The van der Waals surface area contributed by atoms with Crippen LogP contribution in [0.15, 0.2) is 0 Å². The SMILES string of the molecule is CC.CCc1nnc(C)nn1. The lowest BCUT2D eigenvalue weighted by Gasteiger charge is -1.89. The molecule has 1 aromatic rings. The van der Waals surface area contributed by atoms with E-state index in [9.17, 15) is 0 Å². The summed E-state index contributed by atoms with van der Waals surface area (Å²) in [5, 5.41) is 15.0. The first-order chi connectivity index (χ1) is 5.33. The average molecular weight is 154 g/mol. The molecule has 11 heavy (non-hydrogen) atoms. The van der Waals surface area contributed by atoms with E-state index in [0.717, 1.165) is 6.42 Å². The smallest absolute Gasteiger partial charge is 0.132 e. The Morgan fingerprint density at radius 1 is 1.00 bits per heavy atom. The van der Waals surface area contributed by atoms with Gasteiger partial charge in [-0.2, -0.15) is 0 Å². The summed E-state index contributed by atoms with van der Waals surface area (Å²) in [6.45, 7) is 7.73. The van der Waals surface area contributed by atoms with Gasteiger partial charge in [-0.15, -0.1) is 20.4 Å². The standard InChI is InChI=1S/C5H8N4.C2H6/c1-3-5-8-6-4(2)7-9-5;1-2/h3H2,1-2H3;1-2H3. The van der Waals surface area contributed by atoms with E-state index in [1.165, 1.54) is 0 Å². The van der Waals surface area contributed by atoms with E-state index in [1.807, 2.05) is 20.8 Å². The maximum atomic E-state index is 3.77. The maximum Gasteiger partial charge on any atom is 0.173 e. The summed E-state index contributed by atoms with van der Waals surface area (Å²) in [4.78, 5) is 0. The fraction of sp³-hybridized carbons (Fsp3) is 0.714. The van der Waals surface area contributed by atoms with Crippen LogP contribution in [0.5, 0.6) is 0 Å². The lowest BCUT2D eigenvalue weighted by Crippen LogP contribution is -2.00. The molecule has 0 unspecified atom stereocenters. The molecule has 4 heteroatoms. The van der Waals surface area contributed by atoms with Gasteiger partial charge in [-0.3, -0.25) is 0 Å². The second-order valence-corrected chi connectivity index (χ2v) is 1.72. The Balaban J connectivity index is 0.000000461. The van der Waals surface area contributed by atoms with Crippen LogP contribution in [0.25, 0.3) is 0 Å². The molecule has 0 spiro atoms. The van der Waals surface area contributed by atoms with Crippen molar-refractivity contribution < 1.29 is 0 Å². The Labute approximate surface area is 67.1 Å². The number of hydrogen-bond acceptors (Lipinski definition) is 4. The molecule has 0 saturated carbocycles. The monoisotopic (exact) mass is 154 g/mol. The van der Waals surface area contributed by atoms with Crippen LogP contribution in [0, 0.1) is 6.92 Å². The maximum absolute atomic E-state index is 3.77. The zero-order chi connectivity index (χ0) is 8.69. The van der Waals surface area contributed by atoms with Crippen molar-refractivity contribution in [2.45, 2.75) is 34.1 Å². The summed E-state index contributed by atoms with van der Waals surface area (Å²) in [5.74, 6) is 1.31. The van der Waals surface area contributed by atoms with E-state index >= 15 is 0 Å². The van der Waals surface area contributed by atoms with E-state index in [1.54, 1.807) is 6.92 Å². The van der Waals surface area contributed by atoms with E-state index < -0.39 is 0 Å². The Kier molecular flexibility index (Phi) is 5.15. The Morgan fingerprint density at radius 3 is 1.82 bits per heavy atom. The summed E-state index contributed by atoms with van der Waals surface area (Å²) in [6.07, 6.45) is 0.792. The zero-order valence-electron chi connectivity index (χ0n) is 7.50. The summed E-state index contributed by atoms with van der Waals surface area (Å²) in [7, 11) is 0. The lowest BCUT2D eigenvalue weighted by molar-refractivity contribution is 0.737. The Hall–Kier alpha value is -1.06. The molecule has 0 aliphatic heterocycles. The highest BCUT2D eigenvalue weighted by atomic mass is 15.3. The number of aromatic nitrogens is 4. The van der Waals surface area contributed by atoms with Gasteiger partial charge in [0.15, 0.2) is 11.6 Å². The highest BCUT2D eigenvalue weighted by Crippen LogP contribution is 1.83. The molecule has 0 radical (unpaired) electrons. The molecule has 62 valence electrons. The van der Waals surface area contributed by atoms with Crippen LogP contribution in [0.3, 0.4) is 0 Å². The number of nitrogens with zero attached hydrogens (tertiary/aromatic N) is 4. The quantitative estimate of drug-likeness (QED) is 0.609. The van der Waals surface area contributed by atoms with Gasteiger partial charge in [0.25, 0.3) is 0 Å². The van der Waals surface area contributed by atoms with Gasteiger partial charge in [-0.25, -0.2) is 0 Å². The minimum atomic E-state index is 0.618. The lowest BCUT2D eigenvalue weighted by atomic mass is 10.5. The van der Waals surface area contributed by atoms with E-state index in [0.29, 0.717) is 11.6 Å². The molecule has 0 bridgehead atoms. The molecule has 0 aromatic carbocycles.